The molecule has 0 atom stereocenters. The normalized spacial score (nSPS) is 15.6. The first-order valence-electron chi connectivity index (χ1n) is 18.1. The van der Waals surface area contributed by atoms with E-state index < -0.39 is 8.07 Å². The van der Waals surface area contributed by atoms with E-state index >= 15 is 0 Å². The van der Waals surface area contributed by atoms with Crippen LogP contribution in [-0.2, 0) is 5.41 Å². The van der Waals surface area contributed by atoms with Crippen LogP contribution in [0, 0.1) is 0 Å². The summed E-state index contributed by atoms with van der Waals surface area (Å²) in [4.78, 5) is 5.28. The number of benzene rings is 7. The van der Waals surface area contributed by atoms with Gasteiger partial charge in [-0.3, -0.25) is 0 Å². The van der Waals surface area contributed by atoms with Gasteiger partial charge in [0.2, 0.25) is 0 Å². The zero-order valence-corrected chi connectivity index (χ0v) is 30.6. The fraction of sp³-hybridized carbons (Fsp3) is 0.106. The molecule has 3 heterocycles. The zero-order chi connectivity index (χ0) is 34.5. The van der Waals surface area contributed by atoms with E-state index in [-0.39, 0.29) is 12.3 Å². The van der Waals surface area contributed by atoms with Gasteiger partial charge in [0.25, 0.3) is 0 Å². The van der Waals surface area contributed by atoms with Crippen molar-refractivity contribution >= 4 is 64.7 Å². The highest BCUT2D eigenvalue weighted by Gasteiger charge is 2.49. The van der Waals surface area contributed by atoms with Crippen LogP contribution in [0.4, 0.5) is 28.4 Å². The second-order valence-corrected chi connectivity index (χ2v) is 19.7. The molecule has 7 aromatic rings. The molecule has 3 aliphatic rings. The van der Waals surface area contributed by atoms with Gasteiger partial charge in [-0.05, 0) is 78.9 Å². The first-order valence-corrected chi connectivity index (χ1v) is 21.1. The minimum absolute atomic E-state index is 0.0342. The lowest BCUT2D eigenvalue weighted by Crippen LogP contribution is -2.67. The summed E-state index contributed by atoms with van der Waals surface area (Å²) in [6.07, 6.45) is 0. The Labute approximate surface area is 302 Å². The van der Waals surface area contributed by atoms with Gasteiger partial charge in [0, 0.05) is 28.2 Å². The van der Waals surface area contributed by atoms with Crippen LogP contribution in [0.2, 0.25) is 13.1 Å². The van der Waals surface area contributed by atoms with Crippen LogP contribution in [0.15, 0.2) is 164 Å². The predicted octanol–water partition coefficient (Wildman–Crippen LogP) is 9.52. The molecule has 4 heteroatoms. The third-order valence-electron chi connectivity index (χ3n) is 11.9. The van der Waals surface area contributed by atoms with Gasteiger partial charge in [0.1, 0.15) is 8.07 Å². The molecule has 0 N–H and O–H groups in total. The Morgan fingerprint density at radius 3 is 1.59 bits per heavy atom. The van der Waals surface area contributed by atoms with E-state index in [2.05, 4.69) is 200 Å². The van der Waals surface area contributed by atoms with Crippen LogP contribution in [0.3, 0.4) is 0 Å². The maximum Gasteiger partial charge on any atom is 0.332 e. The van der Waals surface area contributed by atoms with Crippen molar-refractivity contribution in [2.24, 2.45) is 0 Å². The smallest absolute Gasteiger partial charge is 0.332 e. The summed E-state index contributed by atoms with van der Waals surface area (Å²) in [5, 5.41) is 2.97. The molecule has 3 aliphatic heterocycles. The zero-order valence-electron chi connectivity index (χ0n) is 29.6. The average Bonchev–Trinajstić information content (AvgIpc) is 3.17. The van der Waals surface area contributed by atoms with Gasteiger partial charge in [-0.15, -0.1) is 0 Å². The lowest BCUT2D eigenvalue weighted by atomic mass is 9.45. The summed E-state index contributed by atoms with van der Waals surface area (Å²) in [6, 6.07) is 61.5. The molecule has 0 amide bonds. The van der Waals surface area contributed by atoms with Crippen molar-refractivity contribution in [3.63, 3.8) is 0 Å². The van der Waals surface area contributed by atoms with Gasteiger partial charge in [-0.2, -0.15) is 0 Å². The lowest BCUT2D eigenvalue weighted by Gasteiger charge is -2.50. The van der Waals surface area contributed by atoms with Crippen molar-refractivity contribution in [1.29, 1.82) is 0 Å². The fourth-order valence-corrected chi connectivity index (χ4v) is 12.3. The fourth-order valence-electron chi connectivity index (χ4n) is 9.31. The third-order valence-corrected chi connectivity index (χ3v) is 15.4. The second kappa shape index (κ2) is 11.0. The van der Waals surface area contributed by atoms with Gasteiger partial charge >= 0.3 is 6.85 Å². The molecule has 51 heavy (non-hydrogen) atoms. The predicted molar refractivity (Wildman–Crippen MR) is 221 cm³/mol. The van der Waals surface area contributed by atoms with Gasteiger partial charge < -0.3 is 9.71 Å². The summed E-state index contributed by atoms with van der Waals surface area (Å²) in [6.45, 7) is 9.82. The highest BCUT2D eigenvalue weighted by atomic mass is 28.3. The number of rotatable bonds is 3. The first-order chi connectivity index (χ1) is 24.8. The molecule has 0 aromatic heterocycles. The quantitative estimate of drug-likeness (QED) is 0.173. The van der Waals surface area contributed by atoms with Gasteiger partial charge in [-0.1, -0.05) is 166 Å². The molecule has 2 nitrogen and oxygen atoms in total. The van der Waals surface area contributed by atoms with Crippen molar-refractivity contribution < 1.29 is 0 Å². The molecule has 10 rings (SSSR count). The molecule has 0 spiro atoms. The molecular formula is C47H39BN2Si. The standard InChI is InChI=1S/C47H39BN2Si/c1-47(2)36-20-11-13-24-40(36)49-41-25-14-12-22-38(41)48(39-23-15-21-37(47)46(39)49)50-42-30-34(32-16-7-5-8-17-32)26-28-44(42)51(3,4)45-29-27-35(31-43(45)50)33-18-9-6-10-19-33/h5-31H,1-4H3. The summed E-state index contributed by atoms with van der Waals surface area (Å²) in [5.41, 5.74) is 16.8. The molecule has 244 valence electrons. The van der Waals surface area contributed by atoms with Crippen molar-refractivity contribution in [1.82, 2.24) is 0 Å². The van der Waals surface area contributed by atoms with E-state index in [9.17, 15) is 0 Å². The number of nitrogens with zero attached hydrogens (tertiary/aromatic N) is 2. The van der Waals surface area contributed by atoms with Crippen molar-refractivity contribution in [3.8, 4) is 22.3 Å². The number of fused-ring (bicyclic) bond motifs is 6. The Bertz CT molecular complexity index is 2410. The van der Waals surface area contributed by atoms with Crippen LogP contribution in [0.1, 0.15) is 25.0 Å². The van der Waals surface area contributed by atoms with Crippen LogP contribution in [0.5, 0.6) is 0 Å². The number of hydrogen-bond donors (Lipinski definition) is 0. The molecule has 0 bridgehead atoms. The summed E-state index contributed by atoms with van der Waals surface area (Å²) in [5.74, 6) is 0. The van der Waals surface area contributed by atoms with Gasteiger partial charge in [0.05, 0.1) is 5.69 Å². The third kappa shape index (κ3) is 4.30. The Hall–Kier alpha value is -5.58. The minimum atomic E-state index is -2.11. The number of anilines is 5. The van der Waals surface area contributed by atoms with Gasteiger partial charge in [-0.25, -0.2) is 0 Å². The number of para-hydroxylation sites is 3. The Morgan fingerprint density at radius 2 is 0.961 bits per heavy atom. The van der Waals surface area contributed by atoms with Crippen molar-refractivity contribution in [2.45, 2.75) is 32.4 Å². The number of hydrogen-bond acceptors (Lipinski definition) is 2. The van der Waals surface area contributed by atoms with Crippen LogP contribution in [-0.4, -0.2) is 14.9 Å². The molecule has 0 radical (unpaired) electrons. The maximum atomic E-state index is 2.72. The van der Waals surface area contributed by atoms with E-state index in [1.165, 1.54) is 83.1 Å². The van der Waals surface area contributed by atoms with E-state index in [0.29, 0.717) is 0 Å². The van der Waals surface area contributed by atoms with E-state index in [1.807, 2.05) is 0 Å². The minimum Gasteiger partial charge on any atom is -0.377 e. The molecule has 0 unspecified atom stereocenters. The Morgan fingerprint density at radius 1 is 0.451 bits per heavy atom. The molecule has 0 fully saturated rings. The summed E-state index contributed by atoms with van der Waals surface area (Å²) in [7, 11) is -2.11. The Balaban J connectivity index is 1.30. The van der Waals surface area contributed by atoms with E-state index in [0.717, 1.165) is 0 Å². The summed E-state index contributed by atoms with van der Waals surface area (Å²) < 4.78 is 0. The van der Waals surface area contributed by atoms with Crippen molar-refractivity contribution in [3.05, 3.63) is 175 Å². The average molecular weight is 671 g/mol. The highest BCUT2D eigenvalue weighted by molar-refractivity contribution is 7.04. The first kappa shape index (κ1) is 30.3. The van der Waals surface area contributed by atoms with Gasteiger partial charge in [0.15, 0.2) is 0 Å². The van der Waals surface area contributed by atoms with Crippen LogP contribution >= 0.6 is 0 Å². The van der Waals surface area contributed by atoms with Crippen molar-refractivity contribution in [2.75, 3.05) is 9.71 Å². The highest BCUT2D eigenvalue weighted by Crippen LogP contribution is 2.52. The molecule has 0 aliphatic carbocycles. The SMILES string of the molecule is CC1(C)c2ccccc2N2c3ccccc3B(N3c4cc(-c5ccccc5)ccc4[Si](C)(C)c4ccc(-c5ccccc5)cc43)c3cccc1c32. The maximum absolute atomic E-state index is 2.72. The molecular weight excluding hydrogens is 631 g/mol. The molecule has 0 saturated carbocycles. The van der Waals surface area contributed by atoms with E-state index in [4.69, 9.17) is 0 Å². The molecule has 7 aromatic carbocycles. The largest absolute Gasteiger partial charge is 0.377 e. The second-order valence-electron chi connectivity index (χ2n) is 15.4. The van der Waals surface area contributed by atoms with Crippen LogP contribution < -0.4 is 31.0 Å². The van der Waals surface area contributed by atoms with Crippen LogP contribution in [0.25, 0.3) is 22.3 Å². The lowest BCUT2D eigenvalue weighted by molar-refractivity contribution is 0.632. The monoisotopic (exact) mass is 670 g/mol. The topological polar surface area (TPSA) is 6.48 Å². The molecule has 0 saturated heterocycles. The summed E-state index contributed by atoms with van der Waals surface area (Å²) >= 11 is 0. The van der Waals surface area contributed by atoms with E-state index in [1.54, 1.807) is 0 Å². The Kier molecular flexibility index (Phi) is 6.50.